The average Bonchev–Trinajstić information content (AvgIpc) is 3.15. The highest BCUT2D eigenvalue weighted by molar-refractivity contribution is 5.92. The van der Waals surface area contributed by atoms with Gasteiger partial charge in [-0.2, -0.15) is 5.10 Å². The number of ether oxygens (including phenoxy) is 2. The largest absolute Gasteiger partial charge is 0.493 e. The molecule has 4 rings (SSSR count). The summed E-state index contributed by atoms with van der Waals surface area (Å²) in [4.78, 5) is 9.21. The number of aryl methyl sites for hydroxylation is 2. The minimum atomic E-state index is 0.0203. The van der Waals surface area contributed by atoms with Crippen LogP contribution in [0.4, 0.5) is 5.82 Å². The lowest BCUT2D eigenvalue weighted by molar-refractivity contribution is 0.356. The van der Waals surface area contributed by atoms with Gasteiger partial charge in [-0.3, -0.25) is 5.10 Å². The fraction of sp³-hybridized carbons (Fsp3) is 0.286. The van der Waals surface area contributed by atoms with Gasteiger partial charge in [0.1, 0.15) is 11.6 Å². The van der Waals surface area contributed by atoms with Gasteiger partial charge in [-0.15, -0.1) is 0 Å². The molecule has 0 spiro atoms. The first kappa shape index (κ1) is 18.0. The van der Waals surface area contributed by atoms with E-state index in [9.17, 15) is 0 Å². The van der Waals surface area contributed by atoms with Crippen LogP contribution in [0.15, 0.2) is 30.5 Å². The van der Waals surface area contributed by atoms with Crippen LogP contribution >= 0.6 is 0 Å². The summed E-state index contributed by atoms with van der Waals surface area (Å²) in [7, 11) is 3.24. The van der Waals surface area contributed by atoms with Crippen molar-refractivity contribution in [3.05, 3.63) is 47.4 Å². The Morgan fingerprint density at radius 1 is 1.00 bits per heavy atom. The predicted octanol–water partition coefficient (Wildman–Crippen LogP) is 4.31. The van der Waals surface area contributed by atoms with E-state index >= 15 is 0 Å². The van der Waals surface area contributed by atoms with Crippen LogP contribution in [-0.2, 0) is 0 Å². The topological polar surface area (TPSA) is 85.0 Å². The molecule has 2 aromatic carbocycles. The Morgan fingerprint density at radius 3 is 2.50 bits per heavy atom. The van der Waals surface area contributed by atoms with E-state index in [-0.39, 0.29) is 6.04 Å². The number of rotatable bonds is 5. The summed E-state index contributed by atoms with van der Waals surface area (Å²) in [6.07, 6.45) is 1.87. The van der Waals surface area contributed by atoms with Gasteiger partial charge in [-0.1, -0.05) is 6.07 Å². The zero-order chi connectivity index (χ0) is 19.8. The predicted molar refractivity (Wildman–Crippen MR) is 110 cm³/mol. The number of aromatic amines is 1. The van der Waals surface area contributed by atoms with Crippen molar-refractivity contribution in [1.82, 2.24) is 20.2 Å². The summed E-state index contributed by atoms with van der Waals surface area (Å²) in [5.74, 6) is 2.74. The Balaban J connectivity index is 1.82. The lowest BCUT2D eigenvalue weighted by Crippen LogP contribution is -2.11. The summed E-state index contributed by atoms with van der Waals surface area (Å²) in [6.45, 7) is 6.12. The van der Waals surface area contributed by atoms with Gasteiger partial charge in [0.25, 0.3) is 0 Å². The molecule has 0 aliphatic heterocycles. The van der Waals surface area contributed by atoms with Gasteiger partial charge in [0.2, 0.25) is 0 Å². The molecule has 1 atom stereocenters. The van der Waals surface area contributed by atoms with Crippen molar-refractivity contribution in [2.45, 2.75) is 26.8 Å². The first-order valence-corrected chi connectivity index (χ1v) is 9.11. The second-order valence-electron chi connectivity index (χ2n) is 6.84. The third-order valence-electron chi connectivity index (χ3n) is 4.98. The maximum Gasteiger partial charge on any atom is 0.162 e. The van der Waals surface area contributed by atoms with Crippen LogP contribution in [0.25, 0.3) is 21.8 Å². The van der Waals surface area contributed by atoms with Crippen molar-refractivity contribution in [1.29, 1.82) is 0 Å². The van der Waals surface area contributed by atoms with Crippen molar-refractivity contribution in [3.63, 3.8) is 0 Å². The molecule has 2 heterocycles. The van der Waals surface area contributed by atoms with E-state index in [0.29, 0.717) is 17.3 Å². The monoisotopic (exact) mass is 377 g/mol. The summed E-state index contributed by atoms with van der Waals surface area (Å²) >= 11 is 0. The Morgan fingerprint density at radius 2 is 1.75 bits per heavy atom. The molecule has 0 fully saturated rings. The van der Waals surface area contributed by atoms with Gasteiger partial charge in [0.05, 0.1) is 37.5 Å². The molecule has 0 bridgehead atoms. The lowest BCUT2D eigenvalue weighted by Gasteiger charge is -2.20. The van der Waals surface area contributed by atoms with E-state index in [1.165, 1.54) is 11.1 Å². The quantitative estimate of drug-likeness (QED) is 0.539. The van der Waals surface area contributed by atoms with E-state index in [1.54, 1.807) is 14.2 Å². The molecule has 0 saturated heterocycles. The Hall–Kier alpha value is -3.35. The molecule has 1 unspecified atom stereocenters. The normalized spacial score (nSPS) is 12.3. The van der Waals surface area contributed by atoms with E-state index in [1.807, 2.05) is 25.3 Å². The Bertz CT molecular complexity index is 1170. The number of nitrogens with zero attached hydrogens (tertiary/aromatic N) is 3. The summed E-state index contributed by atoms with van der Waals surface area (Å²) in [6, 6.07) is 7.96. The smallest absolute Gasteiger partial charge is 0.162 e. The molecule has 28 heavy (non-hydrogen) atoms. The van der Waals surface area contributed by atoms with E-state index in [2.05, 4.69) is 51.5 Å². The lowest BCUT2D eigenvalue weighted by atomic mass is 9.98. The van der Waals surface area contributed by atoms with Crippen molar-refractivity contribution in [2.24, 2.45) is 0 Å². The third kappa shape index (κ3) is 2.98. The second-order valence-corrected chi connectivity index (χ2v) is 6.84. The molecule has 7 heteroatoms. The number of nitrogens with one attached hydrogen (secondary N) is 2. The number of H-pyrrole nitrogens is 1. The van der Waals surface area contributed by atoms with Crippen LogP contribution in [0, 0.1) is 13.8 Å². The molecule has 0 aliphatic carbocycles. The fourth-order valence-electron chi connectivity index (χ4n) is 3.68. The van der Waals surface area contributed by atoms with E-state index < -0.39 is 0 Å². The van der Waals surface area contributed by atoms with Crippen LogP contribution in [0.1, 0.15) is 29.9 Å². The number of anilines is 1. The summed E-state index contributed by atoms with van der Waals surface area (Å²) in [5, 5.41) is 12.8. The molecule has 4 aromatic rings. The van der Waals surface area contributed by atoms with Gasteiger partial charge in [0.15, 0.2) is 11.5 Å². The van der Waals surface area contributed by atoms with Crippen LogP contribution < -0.4 is 14.8 Å². The molecular formula is C21H23N5O2. The van der Waals surface area contributed by atoms with Crippen LogP contribution in [0.2, 0.25) is 0 Å². The van der Waals surface area contributed by atoms with Gasteiger partial charge in [-0.25, -0.2) is 9.97 Å². The van der Waals surface area contributed by atoms with Crippen LogP contribution in [0.5, 0.6) is 11.5 Å². The first-order valence-electron chi connectivity index (χ1n) is 9.11. The minimum absolute atomic E-state index is 0.0203. The van der Waals surface area contributed by atoms with Gasteiger partial charge >= 0.3 is 0 Å². The van der Waals surface area contributed by atoms with Gasteiger partial charge < -0.3 is 14.8 Å². The van der Waals surface area contributed by atoms with Crippen molar-refractivity contribution >= 4 is 27.6 Å². The number of fused-ring (bicyclic) bond motifs is 2. The molecule has 2 N–H and O–H groups in total. The van der Waals surface area contributed by atoms with Crippen molar-refractivity contribution in [2.75, 3.05) is 19.5 Å². The number of benzene rings is 2. The molecule has 144 valence electrons. The molecule has 0 radical (unpaired) electrons. The average molecular weight is 377 g/mol. The minimum Gasteiger partial charge on any atom is -0.493 e. The summed E-state index contributed by atoms with van der Waals surface area (Å²) in [5.41, 5.74) is 4.21. The standard InChI is InChI=1S/C21H23N5O2/c1-11-6-7-16-15(10-22-26-16)20(11)12(2)23-21-14-8-18(27-4)19(28-5)9-17(14)24-13(3)25-21/h6-10,12H,1-5H3,(H,22,26)(H,23,24,25). The molecule has 0 saturated carbocycles. The summed E-state index contributed by atoms with van der Waals surface area (Å²) < 4.78 is 10.9. The van der Waals surface area contributed by atoms with Crippen LogP contribution in [0.3, 0.4) is 0 Å². The van der Waals surface area contributed by atoms with Crippen molar-refractivity contribution in [3.8, 4) is 11.5 Å². The first-order chi connectivity index (χ1) is 13.5. The molecular weight excluding hydrogens is 354 g/mol. The van der Waals surface area contributed by atoms with Gasteiger partial charge in [-0.05, 0) is 44.0 Å². The Kier molecular flexibility index (Phi) is 4.50. The maximum atomic E-state index is 5.46. The third-order valence-corrected chi connectivity index (χ3v) is 4.98. The number of hydrogen-bond donors (Lipinski definition) is 2. The molecule has 2 aromatic heterocycles. The second kappa shape index (κ2) is 6.99. The Labute approximate surface area is 163 Å². The highest BCUT2D eigenvalue weighted by Crippen LogP contribution is 2.36. The highest BCUT2D eigenvalue weighted by Gasteiger charge is 2.17. The van der Waals surface area contributed by atoms with Gasteiger partial charge in [0, 0.05) is 16.8 Å². The molecule has 0 aliphatic rings. The highest BCUT2D eigenvalue weighted by atomic mass is 16.5. The zero-order valence-corrected chi connectivity index (χ0v) is 16.6. The number of hydrogen-bond acceptors (Lipinski definition) is 6. The fourth-order valence-corrected chi connectivity index (χ4v) is 3.68. The molecule has 7 nitrogen and oxygen atoms in total. The van der Waals surface area contributed by atoms with Crippen LogP contribution in [-0.4, -0.2) is 34.4 Å². The SMILES string of the molecule is COc1cc2nc(C)nc(NC(C)c3c(C)ccc4[nH]ncc34)c2cc1OC. The number of methoxy groups -OCH3 is 2. The van der Waals surface area contributed by atoms with Crippen molar-refractivity contribution < 1.29 is 9.47 Å². The molecule has 0 amide bonds. The maximum absolute atomic E-state index is 5.46. The zero-order valence-electron chi connectivity index (χ0n) is 16.6. The van der Waals surface area contributed by atoms with E-state index in [0.717, 1.165) is 27.6 Å². The van der Waals surface area contributed by atoms with E-state index in [4.69, 9.17) is 9.47 Å². The number of aromatic nitrogens is 4.